The molecule has 1 aliphatic rings. The van der Waals surface area contributed by atoms with Crippen molar-refractivity contribution in [3.63, 3.8) is 0 Å². The van der Waals surface area contributed by atoms with E-state index in [1.807, 2.05) is 4.68 Å². The number of fused-ring (bicyclic) bond motifs is 1. The minimum atomic E-state index is 0.131. The molecular formula is C17H21N3O. The molecule has 3 rings (SSSR count). The summed E-state index contributed by atoms with van der Waals surface area (Å²) >= 11 is 0. The molecule has 1 aromatic heterocycles. The number of rotatable bonds is 5. The first kappa shape index (κ1) is 14.0. The number of Topliss-reactive ketones (excluding diaryl/α,β-unsaturated/α-hetero) is 1. The number of carbonyl (C=O) groups is 1. The van der Waals surface area contributed by atoms with Gasteiger partial charge >= 0.3 is 0 Å². The van der Waals surface area contributed by atoms with Crippen LogP contribution >= 0.6 is 0 Å². The minimum absolute atomic E-state index is 0.131. The van der Waals surface area contributed by atoms with Gasteiger partial charge in [0.2, 0.25) is 0 Å². The molecule has 4 heteroatoms. The SMILES string of the molecule is CCCn1ncnc1CC(=O)C1CCc2ccccc2C1. The third kappa shape index (κ3) is 3.04. The van der Waals surface area contributed by atoms with Gasteiger partial charge < -0.3 is 0 Å². The predicted octanol–water partition coefficient (Wildman–Crippen LogP) is 2.60. The Morgan fingerprint density at radius 3 is 2.95 bits per heavy atom. The standard InChI is InChI=1S/C17H21N3O/c1-2-9-20-17(18-12-19-20)11-16(21)15-8-7-13-5-3-4-6-14(13)10-15/h3-6,12,15H,2,7-11H2,1H3. The molecule has 2 aromatic rings. The Kier molecular flexibility index (Phi) is 4.13. The normalized spacial score (nSPS) is 17.5. The molecule has 0 spiro atoms. The van der Waals surface area contributed by atoms with E-state index in [9.17, 15) is 4.79 Å². The van der Waals surface area contributed by atoms with Crippen molar-refractivity contribution in [2.24, 2.45) is 5.92 Å². The Hall–Kier alpha value is -1.97. The van der Waals surface area contributed by atoms with Crippen LogP contribution in [0.3, 0.4) is 0 Å². The Labute approximate surface area is 125 Å². The summed E-state index contributed by atoms with van der Waals surface area (Å²) in [6, 6.07) is 8.46. The molecule has 1 aliphatic carbocycles. The van der Waals surface area contributed by atoms with Gasteiger partial charge in [0.25, 0.3) is 0 Å². The van der Waals surface area contributed by atoms with E-state index >= 15 is 0 Å². The molecule has 1 heterocycles. The number of aryl methyl sites for hydroxylation is 2. The quantitative estimate of drug-likeness (QED) is 0.847. The van der Waals surface area contributed by atoms with Crippen molar-refractivity contribution in [3.8, 4) is 0 Å². The van der Waals surface area contributed by atoms with Crippen molar-refractivity contribution < 1.29 is 4.79 Å². The Balaban J connectivity index is 1.68. The molecule has 0 amide bonds. The highest BCUT2D eigenvalue weighted by atomic mass is 16.1. The second-order valence-electron chi connectivity index (χ2n) is 5.75. The fourth-order valence-electron chi connectivity index (χ4n) is 3.10. The van der Waals surface area contributed by atoms with Crippen LogP contribution in [-0.4, -0.2) is 20.5 Å². The van der Waals surface area contributed by atoms with Gasteiger partial charge in [0, 0.05) is 12.5 Å². The van der Waals surface area contributed by atoms with Crippen LogP contribution in [0.15, 0.2) is 30.6 Å². The van der Waals surface area contributed by atoms with Gasteiger partial charge in [0.05, 0.1) is 6.42 Å². The molecule has 0 fully saturated rings. The minimum Gasteiger partial charge on any atom is -0.299 e. The first-order chi connectivity index (χ1) is 10.3. The summed E-state index contributed by atoms with van der Waals surface area (Å²) in [5, 5.41) is 4.19. The lowest BCUT2D eigenvalue weighted by Gasteiger charge is -2.23. The van der Waals surface area contributed by atoms with Gasteiger partial charge in [-0.1, -0.05) is 31.2 Å². The molecule has 0 bridgehead atoms. The van der Waals surface area contributed by atoms with Crippen LogP contribution in [0.5, 0.6) is 0 Å². The van der Waals surface area contributed by atoms with Crippen molar-refractivity contribution in [1.29, 1.82) is 0 Å². The fourth-order valence-corrected chi connectivity index (χ4v) is 3.10. The summed E-state index contributed by atoms with van der Waals surface area (Å²) in [5.41, 5.74) is 2.73. The van der Waals surface area contributed by atoms with Crippen LogP contribution in [0.2, 0.25) is 0 Å². The smallest absolute Gasteiger partial charge is 0.143 e. The first-order valence-electron chi connectivity index (χ1n) is 7.74. The molecule has 0 aliphatic heterocycles. The van der Waals surface area contributed by atoms with E-state index in [1.165, 1.54) is 11.1 Å². The Bertz CT molecular complexity index is 632. The third-order valence-electron chi connectivity index (χ3n) is 4.27. The van der Waals surface area contributed by atoms with Gasteiger partial charge in [-0.05, 0) is 36.8 Å². The first-order valence-corrected chi connectivity index (χ1v) is 7.74. The summed E-state index contributed by atoms with van der Waals surface area (Å²) in [6.45, 7) is 2.93. The van der Waals surface area contributed by atoms with Gasteiger partial charge in [0.15, 0.2) is 0 Å². The molecule has 1 aromatic carbocycles. The highest BCUT2D eigenvalue weighted by molar-refractivity contribution is 5.83. The van der Waals surface area contributed by atoms with Crippen LogP contribution in [0.4, 0.5) is 0 Å². The molecular weight excluding hydrogens is 262 g/mol. The van der Waals surface area contributed by atoms with Gasteiger partial charge in [0.1, 0.15) is 17.9 Å². The van der Waals surface area contributed by atoms with Crippen LogP contribution in [0, 0.1) is 5.92 Å². The highest BCUT2D eigenvalue weighted by Crippen LogP contribution is 2.26. The zero-order chi connectivity index (χ0) is 14.7. The van der Waals surface area contributed by atoms with Crippen molar-refractivity contribution in [3.05, 3.63) is 47.5 Å². The number of benzene rings is 1. The van der Waals surface area contributed by atoms with Gasteiger partial charge in [-0.15, -0.1) is 0 Å². The number of ketones is 1. The van der Waals surface area contributed by atoms with E-state index in [1.54, 1.807) is 6.33 Å². The second kappa shape index (κ2) is 6.20. The molecule has 1 unspecified atom stereocenters. The van der Waals surface area contributed by atoms with E-state index in [4.69, 9.17) is 0 Å². The van der Waals surface area contributed by atoms with Crippen molar-refractivity contribution in [1.82, 2.24) is 14.8 Å². The average Bonchev–Trinajstić information content (AvgIpc) is 2.94. The van der Waals surface area contributed by atoms with E-state index in [-0.39, 0.29) is 5.92 Å². The van der Waals surface area contributed by atoms with E-state index < -0.39 is 0 Å². The van der Waals surface area contributed by atoms with E-state index in [0.29, 0.717) is 12.2 Å². The third-order valence-corrected chi connectivity index (χ3v) is 4.27. The maximum atomic E-state index is 12.6. The maximum absolute atomic E-state index is 12.6. The van der Waals surface area contributed by atoms with Gasteiger partial charge in [-0.3, -0.25) is 4.79 Å². The highest BCUT2D eigenvalue weighted by Gasteiger charge is 2.25. The maximum Gasteiger partial charge on any atom is 0.143 e. The van der Waals surface area contributed by atoms with E-state index in [2.05, 4.69) is 41.3 Å². The summed E-state index contributed by atoms with van der Waals surface area (Å²) < 4.78 is 1.86. The molecule has 110 valence electrons. The fraction of sp³-hybridized carbons (Fsp3) is 0.471. The molecule has 1 atom stereocenters. The number of hydrogen-bond acceptors (Lipinski definition) is 3. The van der Waals surface area contributed by atoms with Gasteiger partial charge in [-0.2, -0.15) is 5.10 Å². The van der Waals surface area contributed by atoms with Crippen LogP contribution in [0.1, 0.15) is 36.7 Å². The molecule has 0 radical (unpaired) electrons. The topological polar surface area (TPSA) is 47.8 Å². The van der Waals surface area contributed by atoms with Crippen LogP contribution in [0.25, 0.3) is 0 Å². The second-order valence-corrected chi connectivity index (χ2v) is 5.75. The monoisotopic (exact) mass is 283 g/mol. The lowest BCUT2D eigenvalue weighted by Crippen LogP contribution is -2.25. The Morgan fingerprint density at radius 1 is 1.33 bits per heavy atom. The molecule has 21 heavy (non-hydrogen) atoms. The van der Waals surface area contributed by atoms with Crippen LogP contribution in [-0.2, 0) is 30.6 Å². The predicted molar refractivity (Wildman–Crippen MR) is 81.0 cm³/mol. The van der Waals surface area contributed by atoms with Crippen molar-refractivity contribution >= 4 is 5.78 Å². The summed E-state index contributed by atoms with van der Waals surface area (Å²) in [7, 11) is 0. The summed E-state index contributed by atoms with van der Waals surface area (Å²) in [6.07, 6.45) is 5.80. The average molecular weight is 283 g/mol. The van der Waals surface area contributed by atoms with Crippen molar-refractivity contribution in [2.45, 2.75) is 45.6 Å². The lowest BCUT2D eigenvalue weighted by molar-refractivity contribution is -0.122. The Morgan fingerprint density at radius 2 is 2.14 bits per heavy atom. The molecule has 0 saturated carbocycles. The van der Waals surface area contributed by atoms with E-state index in [0.717, 1.165) is 38.1 Å². The van der Waals surface area contributed by atoms with Gasteiger partial charge in [-0.25, -0.2) is 9.67 Å². The zero-order valence-corrected chi connectivity index (χ0v) is 12.5. The number of carbonyl (C=O) groups excluding carboxylic acids is 1. The number of aromatic nitrogens is 3. The van der Waals surface area contributed by atoms with Crippen molar-refractivity contribution in [2.75, 3.05) is 0 Å². The summed E-state index contributed by atoms with van der Waals surface area (Å²) in [5.74, 6) is 1.24. The molecule has 0 N–H and O–H groups in total. The largest absolute Gasteiger partial charge is 0.299 e. The lowest BCUT2D eigenvalue weighted by atomic mass is 9.81. The zero-order valence-electron chi connectivity index (χ0n) is 12.5. The molecule has 0 saturated heterocycles. The van der Waals surface area contributed by atoms with Crippen LogP contribution < -0.4 is 0 Å². The summed E-state index contributed by atoms with van der Waals surface area (Å²) in [4.78, 5) is 16.8. The number of hydrogen-bond donors (Lipinski definition) is 0. The number of nitrogens with zero attached hydrogens (tertiary/aromatic N) is 3. The molecule has 4 nitrogen and oxygen atoms in total.